The van der Waals surface area contributed by atoms with E-state index in [4.69, 9.17) is 0 Å². The van der Waals surface area contributed by atoms with Gasteiger partial charge in [-0.15, -0.1) is 0 Å². The average molecular weight is 337 g/mol. The van der Waals surface area contributed by atoms with Gasteiger partial charge in [0.15, 0.2) is 0 Å². The molecule has 2 N–H and O–H groups in total. The smallest absolute Gasteiger partial charge is 0.550 e. The normalized spacial score (nSPS) is 12.2. The zero-order chi connectivity index (χ0) is 15.7. The van der Waals surface area contributed by atoms with Crippen LogP contribution in [0.2, 0.25) is 0 Å². The Morgan fingerprint density at radius 2 is 0.955 bits per heavy atom. The van der Waals surface area contributed by atoms with Gasteiger partial charge in [0.25, 0.3) is 0 Å². The van der Waals surface area contributed by atoms with Crippen LogP contribution in [0.3, 0.4) is 0 Å². The minimum Gasteiger partial charge on any atom is -0.550 e. The summed E-state index contributed by atoms with van der Waals surface area (Å²) in [7, 11) is 0. The van der Waals surface area contributed by atoms with E-state index in [0.717, 1.165) is 0 Å². The van der Waals surface area contributed by atoms with E-state index < -0.39 is 48.8 Å². The zero-order valence-corrected chi connectivity index (χ0v) is 14.5. The second kappa shape index (κ2) is 14.0. The SMILES string of the molecule is O=C([O-])CC(NCCNC(CC(=O)[O-])C(=O)[O-])C(=O)[O-].[Mg+2].[Mg+2]. The largest absolute Gasteiger partial charge is 2.00 e. The third kappa shape index (κ3) is 13.0. The summed E-state index contributed by atoms with van der Waals surface area (Å²) >= 11 is 0. The summed E-state index contributed by atoms with van der Waals surface area (Å²) in [5, 5.41) is 46.1. The predicted molar refractivity (Wildman–Crippen MR) is 64.4 cm³/mol. The quantitative estimate of drug-likeness (QED) is 0.271. The van der Waals surface area contributed by atoms with Gasteiger partial charge in [-0.1, -0.05) is 0 Å². The first-order valence-corrected chi connectivity index (χ1v) is 5.52. The summed E-state index contributed by atoms with van der Waals surface area (Å²) < 4.78 is 0. The maximum atomic E-state index is 10.5. The molecule has 0 aliphatic rings. The summed E-state index contributed by atoms with van der Waals surface area (Å²) in [5.41, 5.74) is 0. The van der Waals surface area contributed by atoms with E-state index in [2.05, 4.69) is 10.6 Å². The maximum Gasteiger partial charge on any atom is 2.00 e. The van der Waals surface area contributed by atoms with E-state index in [0.29, 0.717) is 0 Å². The van der Waals surface area contributed by atoms with Crippen molar-refractivity contribution < 1.29 is 39.6 Å². The fourth-order valence-electron chi connectivity index (χ4n) is 1.30. The Morgan fingerprint density at radius 1 is 0.682 bits per heavy atom. The van der Waals surface area contributed by atoms with Gasteiger partial charge < -0.3 is 50.2 Å². The molecule has 0 bridgehead atoms. The zero-order valence-electron chi connectivity index (χ0n) is 11.7. The maximum absolute atomic E-state index is 10.5. The molecule has 0 saturated heterocycles. The van der Waals surface area contributed by atoms with E-state index in [1.165, 1.54) is 0 Å². The van der Waals surface area contributed by atoms with Gasteiger partial charge in [0, 0.05) is 37.9 Å². The van der Waals surface area contributed by atoms with Crippen LogP contribution in [-0.2, 0) is 19.2 Å². The van der Waals surface area contributed by atoms with Crippen LogP contribution in [0.1, 0.15) is 12.8 Å². The number of carboxylic acids is 4. The first kappa shape index (κ1) is 26.2. The molecule has 0 fully saturated rings. The number of carbonyl (C=O) groups is 4. The molecule has 0 aromatic carbocycles. The fourth-order valence-corrected chi connectivity index (χ4v) is 1.30. The molecule has 0 heterocycles. The fraction of sp³-hybridized carbons (Fsp3) is 0.600. The van der Waals surface area contributed by atoms with E-state index >= 15 is 0 Å². The molecule has 114 valence electrons. The van der Waals surface area contributed by atoms with Crippen LogP contribution in [-0.4, -0.2) is 95.2 Å². The summed E-state index contributed by atoms with van der Waals surface area (Å²) in [6.45, 7) is -0.272. The second-order valence-electron chi connectivity index (χ2n) is 3.80. The monoisotopic (exact) mass is 336 g/mol. The first-order valence-electron chi connectivity index (χ1n) is 5.52. The van der Waals surface area contributed by atoms with Gasteiger partial charge in [-0.05, 0) is 0 Å². The number of carbonyl (C=O) groups excluding carboxylic acids is 4. The molecule has 0 aliphatic carbocycles. The van der Waals surface area contributed by atoms with E-state index in [9.17, 15) is 39.6 Å². The summed E-state index contributed by atoms with van der Waals surface area (Å²) in [6.07, 6.45) is -1.63. The molecule has 22 heavy (non-hydrogen) atoms. The van der Waals surface area contributed by atoms with Crippen LogP contribution in [0, 0.1) is 0 Å². The van der Waals surface area contributed by atoms with Gasteiger partial charge in [-0.25, -0.2) is 0 Å². The third-order valence-electron chi connectivity index (χ3n) is 2.22. The van der Waals surface area contributed by atoms with E-state index in [1.54, 1.807) is 0 Å². The van der Waals surface area contributed by atoms with Gasteiger partial charge >= 0.3 is 46.1 Å². The summed E-state index contributed by atoms with van der Waals surface area (Å²) in [6, 6.07) is -2.99. The van der Waals surface area contributed by atoms with E-state index in [1.807, 2.05) is 0 Å². The molecule has 0 aromatic heterocycles. The summed E-state index contributed by atoms with van der Waals surface area (Å²) in [4.78, 5) is 41.6. The van der Waals surface area contributed by atoms with Gasteiger partial charge in [0.05, 0.1) is 24.0 Å². The first-order chi connectivity index (χ1) is 9.23. The van der Waals surface area contributed by atoms with Crippen molar-refractivity contribution >= 4 is 70.0 Å². The molecular weight excluding hydrogens is 325 g/mol. The third-order valence-corrected chi connectivity index (χ3v) is 2.22. The minimum atomic E-state index is -1.65. The molecule has 2 unspecified atom stereocenters. The molecule has 0 aromatic rings. The Morgan fingerprint density at radius 3 is 1.14 bits per heavy atom. The molecule has 0 amide bonds. The Hall–Kier alpha value is -0.668. The Labute approximate surface area is 157 Å². The van der Waals surface area contributed by atoms with Crippen molar-refractivity contribution in [3.05, 3.63) is 0 Å². The second-order valence-corrected chi connectivity index (χ2v) is 3.80. The predicted octanol–water partition coefficient (Wildman–Crippen LogP) is -8.08. The van der Waals surface area contributed by atoms with Crippen molar-refractivity contribution in [2.75, 3.05) is 13.1 Å². The van der Waals surface area contributed by atoms with Crippen LogP contribution in [0.5, 0.6) is 0 Å². The molecule has 0 aliphatic heterocycles. The number of carboxylic acid groups (broad SMARTS) is 4. The average Bonchev–Trinajstić information content (AvgIpc) is 2.29. The standard InChI is InChI=1S/C10H16N2O8.2Mg/c13-7(14)3-5(9(17)18)11-1-2-12-6(10(19)20)4-8(15)16;;/h5-6,11-12H,1-4H2,(H,13,14)(H,15,16)(H,17,18)(H,19,20);;/q;2*+2/p-4. The Bertz CT molecular complexity index is 357. The van der Waals surface area contributed by atoms with Crippen LogP contribution in [0.25, 0.3) is 0 Å². The van der Waals surface area contributed by atoms with Crippen molar-refractivity contribution in [3.63, 3.8) is 0 Å². The van der Waals surface area contributed by atoms with Gasteiger partial charge in [0.2, 0.25) is 0 Å². The molecule has 10 nitrogen and oxygen atoms in total. The van der Waals surface area contributed by atoms with Crippen LogP contribution >= 0.6 is 0 Å². The van der Waals surface area contributed by atoms with Crippen molar-refractivity contribution in [2.24, 2.45) is 0 Å². The van der Waals surface area contributed by atoms with Gasteiger partial charge in [-0.2, -0.15) is 0 Å². The van der Waals surface area contributed by atoms with Crippen LogP contribution in [0.15, 0.2) is 0 Å². The van der Waals surface area contributed by atoms with Crippen molar-refractivity contribution in [3.8, 4) is 0 Å². The van der Waals surface area contributed by atoms with Crippen LogP contribution in [0.4, 0.5) is 0 Å². The Balaban J connectivity index is -0.00000180. The number of hydrogen-bond donors (Lipinski definition) is 2. The van der Waals surface area contributed by atoms with Crippen LogP contribution < -0.4 is 31.1 Å². The molecular formula is C10H12Mg2N2O8. The number of hydrogen-bond acceptors (Lipinski definition) is 10. The number of rotatable bonds is 11. The van der Waals surface area contributed by atoms with Crippen molar-refractivity contribution in [1.29, 1.82) is 0 Å². The topological polar surface area (TPSA) is 185 Å². The number of nitrogens with one attached hydrogen (secondary N) is 2. The van der Waals surface area contributed by atoms with Crippen molar-refractivity contribution in [2.45, 2.75) is 24.9 Å². The molecule has 0 radical (unpaired) electrons. The molecule has 2 atom stereocenters. The molecule has 12 heteroatoms. The molecule has 0 rings (SSSR count). The van der Waals surface area contributed by atoms with Gasteiger partial charge in [0.1, 0.15) is 0 Å². The van der Waals surface area contributed by atoms with Gasteiger partial charge in [-0.3, -0.25) is 0 Å². The van der Waals surface area contributed by atoms with E-state index in [-0.39, 0.29) is 59.2 Å². The molecule has 0 saturated carbocycles. The summed E-state index contributed by atoms with van der Waals surface area (Å²) in [5.74, 6) is -6.49. The Kier molecular flexibility index (Phi) is 16.6. The minimum absolute atomic E-state index is 0. The van der Waals surface area contributed by atoms with Crippen molar-refractivity contribution in [1.82, 2.24) is 10.6 Å². The molecule has 0 spiro atoms. The number of aliphatic carboxylic acids is 4.